The van der Waals surface area contributed by atoms with Crippen LogP contribution in [0.3, 0.4) is 0 Å². The van der Waals surface area contributed by atoms with Crippen LogP contribution in [0, 0.1) is 0 Å². The number of methoxy groups -OCH3 is 1. The Labute approximate surface area is 167 Å². The van der Waals surface area contributed by atoms with Gasteiger partial charge in [-0.25, -0.2) is 9.88 Å². The lowest BCUT2D eigenvalue weighted by Gasteiger charge is -2.20. The number of carbonyl (C=O) groups is 1. The monoisotopic (exact) mass is 386 g/mol. The van der Waals surface area contributed by atoms with E-state index in [9.17, 15) is 4.79 Å². The first-order valence-corrected chi connectivity index (χ1v) is 9.64. The highest BCUT2D eigenvalue weighted by molar-refractivity contribution is 7.22. The van der Waals surface area contributed by atoms with Gasteiger partial charge in [0, 0.05) is 6.08 Å². The van der Waals surface area contributed by atoms with Crippen molar-refractivity contribution in [3.63, 3.8) is 0 Å². The molecule has 0 spiro atoms. The molecule has 138 valence electrons. The average Bonchev–Trinajstić information content (AvgIpc) is 3.17. The van der Waals surface area contributed by atoms with Crippen LogP contribution in [0.15, 0.2) is 84.9 Å². The number of hydrogen-bond donors (Lipinski definition) is 0. The molecule has 4 nitrogen and oxygen atoms in total. The third kappa shape index (κ3) is 3.66. The van der Waals surface area contributed by atoms with Gasteiger partial charge in [0.2, 0.25) is 0 Å². The Bertz CT molecular complexity index is 1100. The first kappa shape index (κ1) is 17.9. The summed E-state index contributed by atoms with van der Waals surface area (Å²) < 4.78 is 6.52. The van der Waals surface area contributed by atoms with E-state index in [2.05, 4.69) is 4.98 Å². The lowest BCUT2D eigenvalue weighted by Crippen LogP contribution is -2.24. The first-order valence-electron chi connectivity index (χ1n) is 8.82. The van der Waals surface area contributed by atoms with Crippen LogP contribution in [0.1, 0.15) is 5.56 Å². The van der Waals surface area contributed by atoms with Crippen LogP contribution in [0.4, 0.5) is 10.8 Å². The Balaban J connectivity index is 1.79. The van der Waals surface area contributed by atoms with Crippen molar-refractivity contribution in [2.75, 3.05) is 12.0 Å². The lowest BCUT2D eigenvalue weighted by molar-refractivity contribution is -0.113. The zero-order valence-electron chi connectivity index (χ0n) is 15.3. The van der Waals surface area contributed by atoms with Crippen molar-refractivity contribution in [3.8, 4) is 5.75 Å². The molecule has 28 heavy (non-hydrogen) atoms. The number of ether oxygens (including phenoxy) is 1. The second kappa shape index (κ2) is 8.06. The Morgan fingerprint density at radius 2 is 1.68 bits per heavy atom. The minimum Gasteiger partial charge on any atom is -0.495 e. The van der Waals surface area contributed by atoms with E-state index < -0.39 is 0 Å². The number of aromatic nitrogens is 1. The van der Waals surface area contributed by atoms with Gasteiger partial charge in [-0.2, -0.15) is 0 Å². The van der Waals surface area contributed by atoms with Crippen LogP contribution in [0.25, 0.3) is 16.3 Å². The van der Waals surface area contributed by atoms with Gasteiger partial charge in [-0.15, -0.1) is 0 Å². The maximum Gasteiger partial charge on any atom is 0.257 e. The summed E-state index contributed by atoms with van der Waals surface area (Å²) in [6.07, 6.45) is 3.37. The molecule has 0 fully saturated rings. The van der Waals surface area contributed by atoms with Crippen molar-refractivity contribution in [1.29, 1.82) is 0 Å². The van der Waals surface area contributed by atoms with Gasteiger partial charge >= 0.3 is 0 Å². The highest BCUT2D eigenvalue weighted by Gasteiger charge is 2.23. The number of para-hydroxylation sites is 3. The Morgan fingerprint density at radius 1 is 0.964 bits per heavy atom. The molecule has 0 aliphatic carbocycles. The van der Waals surface area contributed by atoms with Crippen molar-refractivity contribution < 1.29 is 9.53 Å². The van der Waals surface area contributed by atoms with Gasteiger partial charge < -0.3 is 4.74 Å². The quantitative estimate of drug-likeness (QED) is 0.414. The van der Waals surface area contributed by atoms with E-state index in [4.69, 9.17) is 4.74 Å². The van der Waals surface area contributed by atoms with Crippen molar-refractivity contribution in [1.82, 2.24) is 4.98 Å². The summed E-state index contributed by atoms with van der Waals surface area (Å²) in [5.74, 6) is 0.427. The van der Waals surface area contributed by atoms with Crippen molar-refractivity contribution in [2.45, 2.75) is 0 Å². The minimum atomic E-state index is -0.188. The molecule has 0 bridgehead atoms. The van der Waals surface area contributed by atoms with Crippen LogP contribution in [-0.4, -0.2) is 18.0 Å². The number of hydrogen-bond acceptors (Lipinski definition) is 4. The van der Waals surface area contributed by atoms with Crippen molar-refractivity contribution in [2.24, 2.45) is 0 Å². The molecule has 1 heterocycles. The third-order valence-corrected chi connectivity index (χ3v) is 5.26. The fraction of sp³-hybridized carbons (Fsp3) is 0.0435. The Kier molecular flexibility index (Phi) is 5.17. The van der Waals surface area contributed by atoms with E-state index in [0.717, 1.165) is 15.8 Å². The molecule has 0 aliphatic rings. The van der Waals surface area contributed by atoms with E-state index in [0.29, 0.717) is 16.6 Å². The predicted octanol–water partition coefficient (Wildman–Crippen LogP) is 5.68. The molecule has 1 amide bonds. The molecule has 0 aliphatic heterocycles. The normalized spacial score (nSPS) is 11.0. The molecular formula is C23H18N2O2S. The van der Waals surface area contributed by atoms with Crippen molar-refractivity contribution >= 4 is 44.4 Å². The fourth-order valence-electron chi connectivity index (χ4n) is 2.89. The molecule has 0 atom stereocenters. The van der Waals surface area contributed by atoms with Gasteiger partial charge in [-0.3, -0.25) is 4.79 Å². The SMILES string of the molecule is COc1ccccc1N(C(=O)/C=C/c1ccccc1)c1nc2ccccc2s1. The molecular weight excluding hydrogens is 368 g/mol. The molecule has 0 saturated heterocycles. The molecule has 0 radical (unpaired) electrons. The predicted molar refractivity (Wildman–Crippen MR) is 115 cm³/mol. The topological polar surface area (TPSA) is 42.4 Å². The largest absolute Gasteiger partial charge is 0.495 e. The summed E-state index contributed by atoms with van der Waals surface area (Å²) in [5.41, 5.74) is 2.48. The van der Waals surface area contributed by atoms with E-state index >= 15 is 0 Å². The highest BCUT2D eigenvalue weighted by Crippen LogP contribution is 2.38. The lowest BCUT2D eigenvalue weighted by atomic mass is 10.2. The maximum atomic E-state index is 13.2. The number of nitrogens with zero attached hydrogens (tertiary/aromatic N) is 2. The number of benzene rings is 3. The smallest absolute Gasteiger partial charge is 0.257 e. The zero-order chi connectivity index (χ0) is 19.3. The van der Waals surface area contributed by atoms with E-state index in [1.54, 1.807) is 24.2 Å². The molecule has 0 saturated carbocycles. The highest BCUT2D eigenvalue weighted by atomic mass is 32.1. The molecule has 0 N–H and O–H groups in total. The number of fused-ring (bicyclic) bond motifs is 1. The van der Waals surface area contributed by atoms with Gasteiger partial charge in [0.05, 0.1) is 23.0 Å². The van der Waals surface area contributed by atoms with E-state index in [1.807, 2.05) is 78.9 Å². The van der Waals surface area contributed by atoms with Gasteiger partial charge in [0.25, 0.3) is 5.91 Å². The van der Waals surface area contributed by atoms with Crippen molar-refractivity contribution in [3.05, 3.63) is 90.5 Å². The van der Waals surface area contributed by atoms with Gasteiger partial charge in [-0.1, -0.05) is 65.9 Å². The summed E-state index contributed by atoms with van der Waals surface area (Å²) in [6, 6.07) is 25.0. The van der Waals surface area contributed by atoms with Crippen LogP contribution in [0.2, 0.25) is 0 Å². The Morgan fingerprint density at radius 3 is 2.46 bits per heavy atom. The van der Waals surface area contributed by atoms with Gasteiger partial charge in [0.1, 0.15) is 5.75 Å². The summed E-state index contributed by atoms with van der Waals surface area (Å²) in [7, 11) is 1.60. The summed E-state index contributed by atoms with van der Waals surface area (Å²) in [4.78, 5) is 19.5. The first-order chi connectivity index (χ1) is 13.8. The molecule has 4 rings (SSSR count). The molecule has 1 aromatic heterocycles. The molecule has 5 heteroatoms. The van der Waals surface area contributed by atoms with Crippen LogP contribution in [0.5, 0.6) is 5.75 Å². The number of anilines is 2. The second-order valence-corrected chi connectivity index (χ2v) is 7.06. The van der Waals surface area contributed by atoms with Crippen LogP contribution < -0.4 is 9.64 Å². The summed E-state index contributed by atoms with van der Waals surface area (Å²) in [5, 5.41) is 0.605. The number of thiazole rings is 1. The third-order valence-electron chi connectivity index (χ3n) is 4.24. The average molecular weight is 386 g/mol. The zero-order valence-corrected chi connectivity index (χ0v) is 16.1. The summed E-state index contributed by atoms with van der Waals surface area (Å²) in [6.45, 7) is 0. The maximum absolute atomic E-state index is 13.2. The molecule has 4 aromatic rings. The minimum absolute atomic E-state index is 0.188. The van der Waals surface area contributed by atoms with Crippen LogP contribution in [-0.2, 0) is 4.79 Å². The Hall–Kier alpha value is -3.44. The summed E-state index contributed by atoms with van der Waals surface area (Å²) >= 11 is 1.47. The number of carbonyl (C=O) groups excluding carboxylic acids is 1. The fourth-order valence-corrected chi connectivity index (χ4v) is 3.88. The molecule has 0 unspecified atom stereocenters. The second-order valence-electron chi connectivity index (χ2n) is 6.05. The standard InChI is InChI=1S/C23H18N2O2S/c1-27-20-13-7-6-12-19(20)25(22(26)16-15-17-9-3-2-4-10-17)23-24-18-11-5-8-14-21(18)28-23/h2-16H,1H3/b16-15+. The van der Waals surface area contributed by atoms with E-state index in [1.165, 1.54) is 11.3 Å². The number of amides is 1. The van der Waals surface area contributed by atoms with Gasteiger partial charge in [0.15, 0.2) is 5.13 Å². The molecule has 3 aromatic carbocycles. The van der Waals surface area contributed by atoms with Gasteiger partial charge in [-0.05, 0) is 35.9 Å². The van der Waals surface area contributed by atoms with E-state index in [-0.39, 0.29) is 5.91 Å². The van der Waals surface area contributed by atoms with Crippen LogP contribution >= 0.6 is 11.3 Å². The number of rotatable bonds is 5.